The van der Waals surface area contributed by atoms with Gasteiger partial charge in [0.15, 0.2) is 0 Å². The maximum atomic E-state index is 2.57. The molecule has 0 aromatic heterocycles. The van der Waals surface area contributed by atoms with Gasteiger partial charge in [-0.05, 0) is 30.7 Å². The van der Waals surface area contributed by atoms with Crippen molar-refractivity contribution in [1.29, 1.82) is 0 Å². The fourth-order valence-electron chi connectivity index (χ4n) is 3.32. The zero-order valence-corrected chi connectivity index (χ0v) is 12.4. The third-order valence-electron chi connectivity index (χ3n) is 3.68. The van der Waals surface area contributed by atoms with Crippen LogP contribution < -0.4 is 0 Å². The first-order valence-electron chi connectivity index (χ1n) is 5.87. The van der Waals surface area contributed by atoms with Crippen molar-refractivity contribution in [1.82, 2.24) is 4.57 Å². The van der Waals surface area contributed by atoms with E-state index in [1.165, 1.54) is 12.5 Å². The van der Waals surface area contributed by atoms with E-state index in [1.54, 1.807) is 0 Å². The lowest BCUT2D eigenvalue weighted by molar-refractivity contribution is 0.509. The number of hydrogen-bond acceptors (Lipinski definition) is 1. The number of hydrogen-bond donors (Lipinski definition) is 0. The van der Waals surface area contributed by atoms with Gasteiger partial charge in [-0.3, -0.25) is 0 Å². The summed E-state index contributed by atoms with van der Waals surface area (Å²) in [6.45, 7) is 14.4. The van der Waals surface area contributed by atoms with Gasteiger partial charge in [0.05, 0.1) is 0 Å². The second-order valence-corrected chi connectivity index (χ2v) is 11.9. The van der Waals surface area contributed by atoms with E-state index >= 15 is 0 Å². The predicted molar refractivity (Wildman–Crippen MR) is 69.4 cm³/mol. The molecule has 1 unspecified atom stereocenters. The fourth-order valence-corrected chi connectivity index (χ4v) is 9.96. The van der Waals surface area contributed by atoms with E-state index in [0.717, 1.165) is 5.54 Å². The molecule has 0 bridgehead atoms. The van der Waals surface area contributed by atoms with Crippen LogP contribution >= 0.6 is 0 Å². The van der Waals surface area contributed by atoms with Crippen LogP contribution in [0, 0.1) is 0 Å². The minimum atomic E-state index is -1.32. The lowest BCUT2D eigenvalue weighted by Crippen LogP contribution is -2.58. The lowest BCUT2D eigenvalue weighted by atomic mass is 10.2. The largest absolute Gasteiger partial charge is 0.328 e. The first kappa shape index (κ1) is 14.2. The molecule has 0 N–H and O–H groups in total. The van der Waals surface area contributed by atoms with Crippen LogP contribution in [0.1, 0.15) is 48.0 Å². The molecule has 0 fully saturated rings. The van der Waals surface area contributed by atoms with E-state index < -0.39 is 8.24 Å². The molecular weight excluding hydrogens is 186 g/mol. The summed E-state index contributed by atoms with van der Waals surface area (Å²) in [6, 6.07) is 1.42. The van der Waals surface area contributed by atoms with Crippen LogP contribution in [-0.2, 0) is 0 Å². The Morgan fingerprint density at radius 3 is 1.64 bits per heavy atom. The van der Waals surface area contributed by atoms with Crippen LogP contribution in [0.5, 0.6) is 0 Å². The van der Waals surface area contributed by atoms with Gasteiger partial charge < -0.3 is 4.57 Å². The Kier molecular flexibility index (Phi) is 4.86. The van der Waals surface area contributed by atoms with Crippen molar-refractivity contribution >= 4 is 8.24 Å². The van der Waals surface area contributed by atoms with Gasteiger partial charge in [0.1, 0.15) is 8.24 Å². The summed E-state index contributed by atoms with van der Waals surface area (Å²) in [6.07, 6.45) is 1.32. The standard InChI is InChI=1S/C12H29NSi/c1-9-10-14(11(2)3,13(7)8)12(4,5)6/h11H,9-10H2,1-8H3. The zero-order valence-electron chi connectivity index (χ0n) is 11.4. The summed E-state index contributed by atoms with van der Waals surface area (Å²) >= 11 is 0. The van der Waals surface area contributed by atoms with Gasteiger partial charge in [-0.1, -0.05) is 48.0 Å². The molecule has 0 saturated carbocycles. The van der Waals surface area contributed by atoms with E-state index in [1.807, 2.05) is 0 Å². The molecule has 1 nitrogen and oxygen atoms in total. The monoisotopic (exact) mass is 215 g/mol. The maximum Gasteiger partial charge on any atom is 0.135 e. The second kappa shape index (κ2) is 4.80. The van der Waals surface area contributed by atoms with Crippen molar-refractivity contribution < 1.29 is 0 Å². The number of rotatable bonds is 4. The quantitative estimate of drug-likeness (QED) is 0.638. The van der Waals surface area contributed by atoms with Crippen LogP contribution in [-0.4, -0.2) is 26.9 Å². The third-order valence-corrected chi connectivity index (χ3v) is 11.0. The summed E-state index contributed by atoms with van der Waals surface area (Å²) in [5, 5.41) is 0.473. The lowest BCUT2D eigenvalue weighted by Gasteiger charge is -2.50. The SMILES string of the molecule is CCC[Si](C(C)C)(N(C)C)C(C)(C)C. The van der Waals surface area contributed by atoms with Crippen LogP contribution in [0.4, 0.5) is 0 Å². The highest BCUT2D eigenvalue weighted by atomic mass is 28.3. The van der Waals surface area contributed by atoms with Gasteiger partial charge >= 0.3 is 0 Å². The van der Waals surface area contributed by atoms with Gasteiger partial charge in [0.25, 0.3) is 0 Å². The molecule has 0 aromatic rings. The average Bonchev–Trinajstić information content (AvgIpc) is 1.95. The molecule has 0 amide bonds. The summed E-state index contributed by atoms with van der Waals surface area (Å²) in [5.41, 5.74) is 0.831. The Morgan fingerprint density at radius 2 is 1.57 bits per heavy atom. The van der Waals surface area contributed by atoms with E-state index in [2.05, 4.69) is 60.2 Å². The smallest absolute Gasteiger partial charge is 0.135 e. The van der Waals surface area contributed by atoms with Crippen LogP contribution in [0.3, 0.4) is 0 Å². The second-order valence-electron chi connectivity index (χ2n) is 5.97. The molecule has 0 saturated heterocycles. The number of nitrogens with zero attached hydrogens (tertiary/aromatic N) is 1. The topological polar surface area (TPSA) is 3.24 Å². The van der Waals surface area contributed by atoms with Crippen LogP contribution in [0.25, 0.3) is 0 Å². The molecular formula is C12H29NSi. The molecule has 2 heteroatoms. The van der Waals surface area contributed by atoms with Gasteiger partial charge in [0.2, 0.25) is 0 Å². The first-order valence-corrected chi connectivity index (χ1v) is 8.10. The Bertz CT molecular complexity index is 160. The molecule has 0 aliphatic rings. The molecule has 0 rings (SSSR count). The van der Waals surface area contributed by atoms with Crippen LogP contribution in [0.2, 0.25) is 16.6 Å². The Hall–Kier alpha value is 0.177. The van der Waals surface area contributed by atoms with E-state index in [9.17, 15) is 0 Å². The van der Waals surface area contributed by atoms with E-state index in [4.69, 9.17) is 0 Å². The van der Waals surface area contributed by atoms with E-state index in [0.29, 0.717) is 5.04 Å². The molecule has 0 aliphatic carbocycles. The minimum absolute atomic E-state index is 0.473. The first-order chi connectivity index (χ1) is 6.20. The summed E-state index contributed by atoms with van der Waals surface area (Å²) < 4.78 is 2.57. The molecule has 14 heavy (non-hydrogen) atoms. The van der Waals surface area contributed by atoms with Crippen molar-refractivity contribution in [3.63, 3.8) is 0 Å². The molecule has 0 aromatic carbocycles. The summed E-state index contributed by atoms with van der Waals surface area (Å²) in [7, 11) is 3.25. The fraction of sp³-hybridized carbons (Fsp3) is 1.00. The maximum absolute atomic E-state index is 2.57. The Balaban J connectivity index is 5.16. The van der Waals surface area contributed by atoms with Crippen LogP contribution in [0.15, 0.2) is 0 Å². The average molecular weight is 215 g/mol. The molecule has 0 heterocycles. The van der Waals surface area contributed by atoms with Crippen molar-refractivity contribution in [2.45, 2.75) is 64.6 Å². The molecule has 0 spiro atoms. The molecule has 0 aliphatic heterocycles. The molecule has 1 atom stereocenters. The molecule has 0 radical (unpaired) electrons. The van der Waals surface area contributed by atoms with Gasteiger partial charge in [-0.25, -0.2) is 0 Å². The van der Waals surface area contributed by atoms with Crippen molar-refractivity contribution in [3.05, 3.63) is 0 Å². The summed E-state index contributed by atoms with van der Waals surface area (Å²) in [5.74, 6) is 0. The third kappa shape index (κ3) is 2.40. The van der Waals surface area contributed by atoms with Crippen molar-refractivity contribution in [2.75, 3.05) is 14.1 Å². The normalized spacial score (nSPS) is 17.6. The highest BCUT2D eigenvalue weighted by Gasteiger charge is 2.48. The highest BCUT2D eigenvalue weighted by molar-refractivity contribution is 6.81. The van der Waals surface area contributed by atoms with Crippen molar-refractivity contribution in [2.24, 2.45) is 0 Å². The van der Waals surface area contributed by atoms with Gasteiger partial charge in [-0.15, -0.1) is 0 Å². The van der Waals surface area contributed by atoms with Gasteiger partial charge in [0, 0.05) is 0 Å². The Morgan fingerprint density at radius 1 is 1.14 bits per heavy atom. The highest BCUT2D eigenvalue weighted by Crippen LogP contribution is 2.47. The summed E-state index contributed by atoms with van der Waals surface area (Å²) in [4.78, 5) is 0. The predicted octanol–water partition coefficient (Wildman–Crippen LogP) is 4.11. The zero-order chi connectivity index (χ0) is 11.6. The minimum Gasteiger partial charge on any atom is -0.328 e. The molecule has 86 valence electrons. The Labute approximate surface area is 92.0 Å². The van der Waals surface area contributed by atoms with E-state index in [-0.39, 0.29) is 0 Å². The van der Waals surface area contributed by atoms with Gasteiger partial charge in [-0.2, -0.15) is 0 Å². The van der Waals surface area contributed by atoms with Crippen molar-refractivity contribution in [3.8, 4) is 0 Å².